The molecule has 0 bridgehead atoms. The van der Waals surface area contributed by atoms with Crippen LogP contribution in [0.25, 0.3) is 16.7 Å². The number of nitrogens with zero attached hydrogens (tertiary/aromatic N) is 5. The van der Waals surface area contributed by atoms with E-state index in [1.807, 2.05) is 30.3 Å². The van der Waals surface area contributed by atoms with E-state index in [2.05, 4.69) is 10.1 Å². The number of carbonyl (C=O) groups is 2. The van der Waals surface area contributed by atoms with Gasteiger partial charge in [-0.25, -0.2) is 19.3 Å². The lowest BCUT2D eigenvalue weighted by Crippen LogP contribution is -2.43. The maximum atomic E-state index is 12.9. The number of para-hydroxylation sites is 1. The van der Waals surface area contributed by atoms with Crippen molar-refractivity contribution in [1.82, 2.24) is 29.5 Å². The van der Waals surface area contributed by atoms with Crippen molar-refractivity contribution in [1.29, 1.82) is 0 Å². The summed E-state index contributed by atoms with van der Waals surface area (Å²) in [7, 11) is 0. The molecule has 1 aromatic carbocycles. The van der Waals surface area contributed by atoms with Gasteiger partial charge in [0.2, 0.25) is 0 Å². The molecule has 3 aromatic rings. The van der Waals surface area contributed by atoms with E-state index in [-0.39, 0.29) is 11.5 Å². The standard InChI is InChI=1S/C24H28N6O4/c1-16-19-21(30(27-16)18-8-4-2-5-9-18)25-20(26-22(19)31)17-10-14-29(15-11-17)24(33)34-23(32)28-12-6-3-7-13-28/h2,4-5,8-9,17H,3,6-7,10-15H2,1H3,(H,25,26,31). The molecule has 0 spiro atoms. The van der Waals surface area contributed by atoms with Gasteiger partial charge in [-0.1, -0.05) is 18.2 Å². The van der Waals surface area contributed by atoms with Gasteiger partial charge in [-0.2, -0.15) is 5.10 Å². The van der Waals surface area contributed by atoms with Gasteiger partial charge in [0.15, 0.2) is 5.65 Å². The number of piperidine rings is 2. The van der Waals surface area contributed by atoms with E-state index in [4.69, 9.17) is 9.72 Å². The summed E-state index contributed by atoms with van der Waals surface area (Å²) in [4.78, 5) is 48.5. The number of rotatable bonds is 2. The summed E-state index contributed by atoms with van der Waals surface area (Å²) in [6, 6.07) is 9.59. The fourth-order valence-electron chi connectivity index (χ4n) is 4.76. The van der Waals surface area contributed by atoms with Gasteiger partial charge < -0.3 is 19.5 Å². The molecular formula is C24H28N6O4. The van der Waals surface area contributed by atoms with E-state index < -0.39 is 12.2 Å². The van der Waals surface area contributed by atoms with Crippen molar-refractivity contribution in [3.05, 3.63) is 52.2 Å². The summed E-state index contributed by atoms with van der Waals surface area (Å²) in [5.74, 6) is 0.574. The van der Waals surface area contributed by atoms with Gasteiger partial charge in [-0.3, -0.25) is 4.79 Å². The summed E-state index contributed by atoms with van der Waals surface area (Å²) in [6.45, 7) is 3.92. The first-order chi connectivity index (χ1) is 16.5. The molecule has 2 fully saturated rings. The minimum absolute atomic E-state index is 0.0154. The lowest BCUT2D eigenvalue weighted by Gasteiger charge is -2.31. The molecule has 10 heteroatoms. The van der Waals surface area contributed by atoms with Crippen LogP contribution in [0, 0.1) is 6.92 Å². The predicted molar refractivity (Wildman–Crippen MR) is 125 cm³/mol. The molecule has 0 radical (unpaired) electrons. The second kappa shape index (κ2) is 9.28. The van der Waals surface area contributed by atoms with Crippen molar-refractivity contribution in [3.63, 3.8) is 0 Å². The number of hydrogen-bond acceptors (Lipinski definition) is 6. The molecule has 10 nitrogen and oxygen atoms in total. The molecule has 2 aliphatic rings. The molecule has 0 aliphatic carbocycles. The normalized spacial score (nSPS) is 17.2. The Labute approximate surface area is 196 Å². The van der Waals surface area contributed by atoms with Crippen LogP contribution in [0.3, 0.4) is 0 Å². The number of hydrogen-bond donors (Lipinski definition) is 1. The zero-order valence-corrected chi connectivity index (χ0v) is 19.2. The molecule has 2 amide bonds. The zero-order chi connectivity index (χ0) is 23.7. The number of fused-ring (bicyclic) bond motifs is 1. The van der Waals surface area contributed by atoms with E-state index in [1.54, 1.807) is 21.4 Å². The topological polar surface area (TPSA) is 113 Å². The largest absolute Gasteiger partial charge is 0.418 e. The van der Waals surface area contributed by atoms with E-state index >= 15 is 0 Å². The van der Waals surface area contributed by atoms with Crippen molar-refractivity contribution >= 4 is 23.2 Å². The van der Waals surface area contributed by atoms with Crippen LogP contribution < -0.4 is 5.56 Å². The second-order valence-corrected chi connectivity index (χ2v) is 8.93. The van der Waals surface area contributed by atoms with Crippen molar-refractivity contribution in [2.75, 3.05) is 26.2 Å². The van der Waals surface area contributed by atoms with Gasteiger partial charge in [0, 0.05) is 32.1 Å². The van der Waals surface area contributed by atoms with Crippen LogP contribution in [0.5, 0.6) is 0 Å². The van der Waals surface area contributed by atoms with Crippen molar-refractivity contribution in [3.8, 4) is 5.69 Å². The third kappa shape index (κ3) is 4.27. The number of H-pyrrole nitrogens is 1. The molecule has 1 N–H and O–H groups in total. The maximum absolute atomic E-state index is 12.9. The van der Waals surface area contributed by atoms with Gasteiger partial charge in [0.1, 0.15) is 11.2 Å². The van der Waals surface area contributed by atoms with E-state index in [9.17, 15) is 14.4 Å². The lowest BCUT2D eigenvalue weighted by atomic mass is 9.96. The van der Waals surface area contributed by atoms with Gasteiger partial charge >= 0.3 is 12.2 Å². The minimum atomic E-state index is -0.608. The Hall–Kier alpha value is -3.69. The molecule has 0 atom stereocenters. The number of likely N-dealkylation sites (tertiary alicyclic amines) is 2. The molecule has 2 aliphatic heterocycles. The Morgan fingerprint density at radius 3 is 2.29 bits per heavy atom. The average Bonchev–Trinajstić information content (AvgIpc) is 3.22. The highest BCUT2D eigenvalue weighted by atomic mass is 16.6. The first-order valence-corrected chi connectivity index (χ1v) is 11.8. The highest BCUT2D eigenvalue weighted by Crippen LogP contribution is 2.27. The smallest absolute Gasteiger partial charge is 0.359 e. The number of carbonyl (C=O) groups excluding carboxylic acids is 2. The van der Waals surface area contributed by atoms with Crippen LogP contribution in [0.2, 0.25) is 0 Å². The Kier molecular flexibility index (Phi) is 6.04. The lowest BCUT2D eigenvalue weighted by molar-refractivity contribution is 0.0836. The van der Waals surface area contributed by atoms with Crippen molar-refractivity contribution < 1.29 is 14.3 Å². The van der Waals surface area contributed by atoms with Crippen LogP contribution in [0.4, 0.5) is 9.59 Å². The monoisotopic (exact) mass is 464 g/mol. The van der Waals surface area contributed by atoms with E-state index in [1.165, 1.54) is 0 Å². The molecule has 4 heterocycles. The van der Waals surface area contributed by atoms with Crippen LogP contribution in [0.1, 0.15) is 49.5 Å². The van der Waals surface area contributed by atoms with Gasteiger partial charge in [-0.15, -0.1) is 0 Å². The SMILES string of the molecule is Cc1nn(-c2ccccc2)c2nc(C3CCN(C(=O)OC(=O)N4CCCCC4)CC3)[nH]c(=O)c12. The summed E-state index contributed by atoms with van der Waals surface area (Å²) in [5, 5.41) is 5.01. The summed E-state index contributed by atoms with van der Waals surface area (Å²) in [5.41, 5.74) is 1.76. The minimum Gasteiger partial charge on any atom is -0.359 e. The van der Waals surface area contributed by atoms with Crippen molar-refractivity contribution in [2.45, 2.75) is 44.9 Å². The fraction of sp³-hybridized carbons (Fsp3) is 0.458. The molecule has 0 saturated carbocycles. The number of benzene rings is 1. The Morgan fingerprint density at radius 1 is 0.971 bits per heavy atom. The van der Waals surface area contributed by atoms with Gasteiger partial charge in [0.05, 0.1) is 11.4 Å². The predicted octanol–water partition coefficient (Wildman–Crippen LogP) is 3.34. The highest BCUT2D eigenvalue weighted by molar-refractivity contribution is 5.83. The van der Waals surface area contributed by atoms with Crippen LogP contribution in [-0.2, 0) is 4.74 Å². The summed E-state index contributed by atoms with van der Waals surface area (Å²) >= 11 is 0. The van der Waals surface area contributed by atoms with E-state index in [0.29, 0.717) is 61.6 Å². The third-order valence-electron chi connectivity index (χ3n) is 6.66. The quantitative estimate of drug-likeness (QED) is 0.582. The van der Waals surface area contributed by atoms with Crippen LogP contribution >= 0.6 is 0 Å². The number of ether oxygens (including phenoxy) is 1. The zero-order valence-electron chi connectivity index (χ0n) is 19.2. The highest BCUT2D eigenvalue weighted by Gasteiger charge is 2.30. The molecule has 5 rings (SSSR count). The number of nitrogens with one attached hydrogen (secondary N) is 1. The van der Waals surface area contributed by atoms with Crippen molar-refractivity contribution in [2.24, 2.45) is 0 Å². The number of amides is 2. The Morgan fingerprint density at radius 2 is 1.62 bits per heavy atom. The molecule has 34 heavy (non-hydrogen) atoms. The number of aromatic nitrogens is 4. The Bertz CT molecular complexity index is 1250. The fourth-order valence-corrected chi connectivity index (χ4v) is 4.76. The van der Waals surface area contributed by atoms with Crippen LogP contribution in [-0.4, -0.2) is 67.9 Å². The average molecular weight is 465 g/mol. The number of aryl methyl sites for hydroxylation is 1. The second-order valence-electron chi connectivity index (χ2n) is 8.93. The molecule has 178 valence electrons. The first-order valence-electron chi connectivity index (χ1n) is 11.8. The first kappa shape index (κ1) is 22.1. The molecular weight excluding hydrogens is 436 g/mol. The molecule has 0 unspecified atom stereocenters. The summed E-state index contributed by atoms with van der Waals surface area (Å²) in [6.07, 6.45) is 3.02. The van der Waals surface area contributed by atoms with Gasteiger partial charge in [-0.05, 0) is 51.2 Å². The maximum Gasteiger partial charge on any atom is 0.418 e. The molecule has 2 saturated heterocycles. The van der Waals surface area contributed by atoms with E-state index in [0.717, 1.165) is 24.9 Å². The Balaban J connectivity index is 1.29. The molecule has 2 aromatic heterocycles. The van der Waals surface area contributed by atoms with Crippen LogP contribution in [0.15, 0.2) is 35.1 Å². The number of aromatic amines is 1. The van der Waals surface area contributed by atoms with Gasteiger partial charge in [0.25, 0.3) is 5.56 Å². The third-order valence-corrected chi connectivity index (χ3v) is 6.66. The summed E-state index contributed by atoms with van der Waals surface area (Å²) < 4.78 is 6.80.